The molecule has 1 aliphatic heterocycles. The highest BCUT2D eigenvalue weighted by atomic mass is 35.5. The molecule has 2 atom stereocenters. The van der Waals surface area contributed by atoms with Gasteiger partial charge in [-0.05, 0) is 67.3 Å². The lowest BCUT2D eigenvalue weighted by molar-refractivity contribution is 0.115. The number of amides is 2. The summed E-state index contributed by atoms with van der Waals surface area (Å²) < 4.78 is 8.07. The Morgan fingerprint density at radius 2 is 1.95 bits per heavy atom. The number of rotatable bonds is 4. The first-order chi connectivity index (χ1) is 18.2. The van der Waals surface area contributed by atoms with Crippen LogP contribution in [-0.2, 0) is 11.8 Å². The number of carbonyl (C=O) groups excluding carboxylic acids is 1. The minimum Gasteiger partial charge on any atom is -0.370 e. The number of methoxy groups -OCH3 is 1. The third-order valence-electron chi connectivity index (χ3n) is 7.15. The number of ether oxygens (including phenoxy) is 1. The molecule has 9 heteroatoms. The number of nitrogens with zero attached hydrogens (tertiary/aromatic N) is 5. The van der Waals surface area contributed by atoms with E-state index >= 15 is 0 Å². The zero-order valence-corrected chi connectivity index (χ0v) is 23.4. The Labute approximate surface area is 229 Å². The summed E-state index contributed by atoms with van der Waals surface area (Å²) in [6.45, 7) is 8.73. The van der Waals surface area contributed by atoms with Crippen molar-refractivity contribution in [2.24, 2.45) is 7.05 Å². The van der Waals surface area contributed by atoms with E-state index in [0.717, 1.165) is 46.7 Å². The molecule has 1 N–H and O–H groups in total. The number of pyridine rings is 1. The average molecular weight is 535 g/mol. The van der Waals surface area contributed by atoms with Gasteiger partial charge in [-0.2, -0.15) is 0 Å². The number of urea groups is 1. The van der Waals surface area contributed by atoms with Crippen molar-refractivity contribution in [2.45, 2.75) is 38.5 Å². The maximum atomic E-state index is 12.8. The van der Waals surface area contributed by atoms with E-state index in [2.05, 4.69) is 33.4 Å². The van der Waals surface area contributed by atoms with Crippen LogP contribution >= 0.6 is 11.6 Å². The SMILES string of the molecule is COC(C1=Cc2cccnc2[C@@H](N2CCN(C(=O)NC(C)(C)C)CC2)c2ccc(Cl)cc21)c1cncn1C. The van der Waals surface area contributed by atoms with Gasteiger partial charge in [-0.25, -0.2) is 9.78 Å². The molecule has 0 spiro atoms. The minimum absolute atomic E-state index is 0.0215. The van der Waals surface area contributed by atoms with Crippen LogP contribution in [0.1, 0.15) is 61.0 Å². The molecule has 1 aliphatic carbocycles. The Morgan fingerprint density at radius 3 is 2.61 bits per heavy atom. The van der Waals surface area contributed by atoms with Gasteiger partial charge in [-0.1, -0.05) is 23.7 Å². The van der Waals surface area contributed by atoms with Crippen molar-refractivity contribution in [3.05, 3.63) is 82.2 Å². The zero-order chi connectivity index (χ0) is 27.0. The molecule has 0 radical (unpaired) electrons. The number of hydrogen-bond acceptors (Lipinski definition) is 5. The second-order valence-electron chi connectivity index (χ2n) is 11.0. The average Bonchev–Trinajstić information content (AvgIpc) is 3.24. The van der Waals surface area contributed by atoms with Crippen molar-refractivity contribution in [3.8, 4) is 0 Å². The molecule has 8 nitrogen and oxygen atoms in total. The topological polar surface area (TPSA) is 75.5 Å². The predicted molar refractivity (Wildman–Crippen MR) is 150 cm³/mol. The van der Waals surface area contributed by atoms with Crippen molar-refractivity contribution < 1.29 is 9.53 Å². The molecular weight excluding hydrogens is 500 g/mol. The lowest BCUT2D eigenvalue weighted by atomic mass is 9.91. The van der Waals surface area contributed by atoms with Gasteiger partial charge in [0.15, 0.2) is 0 Å². The number of imidazole rings is 1. The highest BCUT2D eigenvalue weighted by Crippen LogP contribution is 2.45. The first kappa shape index (κ1) is 26.4. The quantitative estimate of drug-likeness (QED) is 0.514. The van der Waals surface area contributed by atoms with E-state index in [4.69, 9.17) is 21.3 Å². The summed E-state index contributed by atoms with van der Waals surface area (Å²) in [5.41, 5.74) is 5.86. The molecule has 5 rings (SSSR count). The number of nitrogens with one attached hydrogen (secondary N) is 1. The van der Waals surface area contributed by atoms with Gasteiger partial charge in [-0.15, -0.1) is 0 Å². The number of halogens is 1. The lowest BCUT2D eigenvalue weighted by Gasteiger charge is -2.40. The van der Waals surface area contributed by atoms with Crippen molar-refractivity contribution in [1.82, 2.24) is 29.7 Å². The van der Waals surface area contributed by atoms with Crippen LogP contribution < -0.4 is 5.32 Å². The second kappa shape index (κ2) is 10.5. The molecule has 1 aromatic carbocycles. The van der Waals surface area contributed by atoms with Crippen LogP contribution in [0.2, 0.25) is 5.02 Å². The Balaban J connectivity index is 1.55. The Bertz CT molecular complexity index is 1350. The van der Waals surface area contributed by atoms with Crippen LogP contribution in [0.15, 0.2) is 49.1 Å². The van der Waals surface area contributed by atoms with E-state index in [1.54, 1.807) is 13.4 Å². The third-order valence-corrected chi connectivity index (χ3v) is 7.39. The summed E-state index contributed by atoms with van der Waals surface area (Å²) >= 11 is 6.58. The number of aryl methyl sites for hydroxylation is 1. The Kier molecular flexibility index (Phi) is 7.31. The van der Waals surface area contributed by atoms with E-state index < -0.39 is 0 Å². The highest BCUT2D eigenvalue weighted by molar-refractivity contribution is 6.30. The van der Waals surface area contributed by atoms with E-state index in [0.29, 0.717) is 18.1 Å². The van der Waals surface area contributed by atoms with Crippen molar-refractivity contribution >= 4 is 29.3 Å². The Morgan fingerprint density at radius 1 is 1.18 bits per heavy atom. The standard InChI is InChI=1S/C29H35ClN6O2/c1-29(2,3)33-28(37)36-13-11-35(12-14-36)26-21-9-8-20(30)16-22(21)23(15-19-7-6-10-32-25(19)26)27(38-5)24-17-31-18-34(24)4/h6-10,15-18,26-27H,11-14H2,1-5H3,(H,33,37)/t26-,27?/m0/s1. The minimum atomic E-state index is -0.343. The fraction of sp³-hybridized carbons (Fsp3) is 0.414. The van der Waals surface area contributed by atoms with Gasteiger partial charge in [0.25, 0.3) is 0 Å². The van der Waals surface area contributed by atoms with Crippen molar-refractivity contribution in [1.29, 1.82) is 0 Å². The molecule has 1 fully saturated rings. The van der Waals surface area contributed by atoms with E-state index in [1.165, 1.54) is 0 Å². The van der Waals surface area contributed by atoms with Crippen LogP contribution in [0.3, 0.4) is 0 Å². The molecule has 1 unspecified atom stereocenters. The summed E-state index contributed by atoms with van der Waals surface area (Å²) in [5, 5.41) is 3.75. The second-order valence-corrected chi connectivity index (χ2v) is 11.4. The molecule has 200 valence electrons. The molecule has 3 aromatic rings. The highest BCUT2D eigenvalue weighted by Gasteiger charge is 2.36. The maximum absolute atomic E-state index is 12.8. The summed E-state index contributed by atoms with van der Waals surface area (Å²) in [7, 11) is 3.69. The van der Waals surface area contributed by atoms with Crippen LogP contribution in [0.4, 0.5) is 4.79 Å². The zero-order valence-electron chi connectivity index (χ0n) is 22.6. The Hall–Kier alpha value is -3.20. The fourth-order valence-electron chi connectivity index (χ4n) is 5.39. The summed E-state index contributed by atoms with van der Waals surface area (Å²) in [6.07, 6.45) is 7.30. The van der Waals surface area contributed by atoms with Crippen molar-refractivity contribution in [3.63, 3.8) is 0 Å². The molecule has 2 amide bonds. The number of fused-ring (bicyclic) bond motifs is 2. The monoisotopic (exact) mass is 534 g/mol. The van der Waals surface area contributed by atoms with Crippen LogP contribution in [0, 0.1) is 0 Å². The molecule has 2 aliphatic rings. The van der Waals surface area contributed by atoms with Crippen LogP contribution in [0.25, 0.3) is 11.6 Å². The molecule has 0 bridgehead atoms. The van der Waals surface area contributed by atoms with Crippen LogP contribution in [0.5, 0.6) is 0 Å². The molecule has 38 heavy (non-hydrogen) atoms. The number of carbonyl (C=O) groups is 1. The van der Waals surface area contributed by atoms with Gasteiger partial charge in [-0.3, -0.25) is 9.88 Å². The first-order valence-corrected chi connectivity index (χ1v) is 13.3. The number of hydrogen-bond donors (Lipinski definition) is 1. The number of aromatic nitrogens is 3. The smallest absolute Gasteiger partial charge is 0.317 e. The fourth-order valence-corrected chi connectivity index (χ4v) is 5.56. The van der Waals surface area contributed by atoms with Gasteiger partial charge in [0, 0.05) is 57.1 Å². The molecule has 0 saturated carbocycles. The summed E-state index contributed by atoms with van der Waals surface area (Å²) in [6, 6.07) is 10.0. The maximum Gasteiger partial charge on any atom is 0.317 e. The van der Waals surface area contributed by atoms with E-state index in [-0.39, 0.29) is 23.7 Å². The van der Waals surface area contributed by atoms with Gasteiger partial charge < -0.3 is 19.5 Å². The first-order valence-electron chi connectivity index (χ1n) is 12.9. The van der Waals surface area contributed by atoms with Gasteiger partial charge >= 0.3 is 6.03 Å². The number of piperazine rings is 1. The third kappa shape index (κ3) is 5.21. The molecule has 3 heterocycles. The van der Waals surface area contributed by atoms with Crippen molar-refractivity contribution in [2.75, 3.05) is 33.3 Å². The van der Waals surface area contributed by atoms with E-state index in [9.17, 15) is 4.79 Å². The normalized spacial score (nSPS) is 18.7. The van der Waals surface area contributed by atoms with Gasteiger partial charge in [0.2, 0.25) is 0 Å². The van der Waals surface area contributed by atoms with E-state index in [1.807, 2.05) is 67.9 Å². The summed E-state index contributed by atoms with van der Waals surface area (Å²) in [5.74, 6) is 0. The number of benzene rings is 1. The largest absolute Gasteiger partial charge is 0.370 e. The molecular formula is C29H35ClN6O2. The summed E-state index contributed by atoms with van der Waals surface area (Å²) in [4.78, 5) is 26.4. The predicted octanol–water partition coefficient (Wildman–Crippen LogP) is 4.93. The molecule has 2 aromatic heterocycles. The lowest BCUT2D eigenvalue weighted by Crippen LogP contribution is -2.55. The van der Waals surface area contributed by atoms with Gasteiger partial charge in [0.1, 0.15) is 6.10 Å². The van der Waals surface area contributed by atoms with Crippen LogP contribution in [-0.4, -0.2) is 69.2 Å². The van der Waals surface area contributed by atoms with Gasteiger partial charge in [0.05, 0.1) is 30.0 Å². The molecule has 1 saturated heterocycles.